The number of carbonyl (C=O) groups is 1. The number of hydrogen-bond donors (Lipinski definition) is 1. The van der Waals surface area contributed by atoms with Gasteiger partial charge < -0.3 is 19.5 Å². The standard InChI is InChI=1S/C14H19NO4/c1-3-19-12-7-5-4-6-11(12)15-8-14(9-18-10-14)13(16)17-2/h4-7,15H,3,8-10H2,1-2H3. The van der Waals surface area contributed by atoms with Crippen molar-refractivity contribution < 1.29 is 19.0 Å². The van der Waals surface area contributed by atoms with Crippen molar-refractivity contribution in [1.29, 1.82) is 0 Å². The second-order valence-electron chi connectivity index (χ2n) is 4.55. The summed E-state index contributed by atoms with van der Waals surface area (Å²) in [5.41, 5.74) is 0.299. The van der Waals surface area contributed by atoms with Gasteiger partial charge in [-0.25, -0.2) is 0 Å². The molecule has 0 spiro atoms. The van der Waals surface area contributed by atoms with Crippen LogP contribution < -0.4 is 10.1 Å². The fourth-order valence-corrected chi connectivity index (χ4v) is 2.02. The van der Waals surface area contributed by atoms with Gasteiger partial charge in [-0.05, 0) is 19.1 Å². The molecule has 1 N–H and O–H groups in total. The topological polar surface area (TPSA) is 56.8 Å². The molecule has 0 atom stereocenters. The zero-order valence-electron chi connectivity index (χ0n) is 11.3. The van der Waals surface area contributed by atoms with Gasteiger partial charge in [-0.15, -0.1) is 0 Å². The van der Waals surface area contributed by atoms with E-state index >= 15 is 0 Å². The molecule has 0 saturated carbocycles. The maximum Gasteiger partial charge on any atom is 0.318 e. The molecule has 0 amide bonds. The van der Waals surface area contributed by atoms with Crippen molar-refractivity contribution in [2.75, 3.05) is 38.8 Å². The molecule has 1 fully saturated rings. The number of methoxy groups -OCH3 is 1. The Labute approximate surface area is 112 Å². The van der Waals surface area contributed by atoms with Crippen LogP contribution in [0.3, 0.4) is 0 Å². The number of rotatable bonds is 6. The van der Waals surface area contributed by atoms with E-state index in [0.717, 1.165) is 11.4 Å². The van der Waals surface area contributed by atoms with E-state index < -0.39 is 5.41 Å². The Kier molecular flexibility index (Phi) is 4.27. The number of ether oxygens (including phenoxy) is 3. The molecular weight excluding hydrogens is 246 g/mol. The number of esters is 1. The molecule has 1 aliphatic rings. The number of benzene rings is 1. The van der Waals surface area contributed by atoms with Crippen LogP contribution in [0.5, 0.6) is 5.75 Å². The Morgan fingerprint density at radius 3 is 2.74 bits per heavy atom. The zero-order valence-corrected chi connectivity index (χ0v) is 11.3. The Hall–Kier alpha value is -1.75. The van der Waals surface area contributed by atoms with Gasteiger partial charge in [0.25, 0.3) is 0 Å². The average molecular weight is 265 g/mol. The van der Waals surface area contributed by atoms with E-state index in [-0.39, 0.29) is 5.97 Å². The Morgan fingerprint density at radius 2 is 2.16 bits per heavy atom. The highest BCUT2D eigenvalue weighted by molar-refractivity contribution is 5.79. The SMILES string of the molecule is CCOc1ccccc1NCC1(C(=O)OC)COC1. The second kappa shape index (κ2) is 5.93. The fourth-order valence-electron chi connectivity index (χ4n) is 2.02. The van der Waals surface area contributed by atoms with E-state index in [4.69, 9.17) is 14.2 Å². The molecule has 1 aromatic carbocycles. The Morgan fingerprint density at radius 1 is 1.42 bits per heavy atom. The highest BCUT2D eigenvalue weighted by atomic mass is 16.5. The number of carbonyl (C=O) groups excluding carboxylic acids is 1. The lowest BCUT2D eigenvalue weighted by molar-refractivity contribution is -0.180. The summed E-state index contributed by atoms with van der Waals surface area (Å²) >= 11 is 0. The van der Waals surface area contributed by atoms with Gasteiger partial charge in [-0.1, -0.05) is 12.1 Å². The van der Waals surface area contributed by atoms with Gasteiger partial charge in [0.15, 0.2) is 0 Å². The number of anilines is 1. The molecule has 1 aromatic rings. The molecule has 5 nitrogen and oxygen atoms in total. The molecule has 0 unspecified atom stereocenters. The summed E-state index contributed by atoms with van der Waals surface area (Å²) in [5, 5.41) is 3.25. The molecule has 0 radical (unpaired) electrons. The molecule has 1 heterocycles. The van der Waals surface area contributed by atoms with Crippen LogP contribution in [-0.4, -0.2) is 39.4 Å². The van der Waals surface area contributed by atoms with Crippen molar-refractivity contribution in [3.05, 3.63) is 24.3 Å². The first-order valence-corrected chi connectivity index (χ1v) is 6.34. The monoisotopic (exact) mass is 265 g/mol. The van der Waals surface area contributed by atoms with Crippen LogP contribution in [0, 0.1) is 5.41 Å². The minimum absolute atomic E-state index is 0.236. The summed E-state index contributed by atoms with van der Waals surface area (Å²) in [6.07, 6.45) is 0. The normalized spacial score (nSPS) is 16.3. The maximum atomic E-state index is 11.8. The molecule has 0 aromatic heterocycles. The molecule has 19 heavy (non-hydrogen) atoms. The Balaban J connectivity index is 2.03. The summed E-state index contributed by atoms with van der Waals surface area (Å²) in [5.74, 6) is 0.547. The van der Waals surface area contributed by atoms with E-state index in [1.807, 2.05) is 31.2 Å². The third kappa shape index (κ3) is 2.81. The van der Waals surface area contributed by atoms with Crippen molar-refractivity contribution in [1.82, 2.24) is 0 Å². The van der Waals surface area contributed by atoms with E-state index in [1.54, 1.807) is 0 Å². The molecule has 1 aliphatic heterocycles. The fraction of sp³-hybridized carbons (Fsp3) is 0.500. The van der Waals surface area contributed by atoms with Crippen molar-refractivity contribution in [2.24, 2.45) is 5.41 Å². The largest absolute Gasteiger partial charge is 0.492 e. The molecule has 2 rings (SSSR count). The van der Waals surface area contributed by atoms with Crippen LogP contribution in [0.25, 0.3) is 0 Å². The van der Waals surface area contributed by atoms with E-state index in [9.17, 15) is 4.79 Å². The van der Waals surface area contributed by atoms with Gasteiger partial charge in [-0.2, -0.15) is 0 Å². The van der Waals surface area contributed by atoms with Crippen molar-refractivity contribution >= 4 is 11.7 Å². The third-order valence-electron chi connectivity index (χ3n) is 3.18. The molecule has 0 aliphatic carbocycles. The van der Waals surface area contributed by atoms with Gasteiger partial charge in [-0.3, -0.25) is 4.79 Å². The highest BCUT2D eigenvalue weighted by Gasteiger charge is 2.47. The maximum absolute atomic E-state index is 11.8. The predicted molar refractivity (Wildman–Crippen MR) is 71.4 cm³/mol. The summed E-state index contributed by atoms with van der Waals surface area (Å²) < 4.78 is 15.5. The highest BCUT2D eigenvalue weighted by Crippen LogP contribution is 2.31. The van der Waals surface area contributed by atoms with Crippen LogP contribution in [-0.2, 0) is 14.3 Å². The number of para-hydroxylation sites is 2. The molecule has 1 saturated heterocycles. The Bertz CT molecular complexity index is 443. The van der Waals surface area contributed by atoms with Crippen LogP contribution in [0.2, 0.25) is 0 Å². The van der Waals surface area contributed by atoms with Crippen molar-refractivity contribution in [2.45, 2.75) is 6.92 Å². The predicted octanol–water partition coefficient (Wildman–Crippen LogP) is 1.69. The van der Waals surface area contributed by atoms with Gasteiger partial charge in [0.1, 0.15) is 11.2 Å². The number of nitrogens with one attached hydrogen (secondary N) is 1. The summed E-state index contributed by atoms with van der Waals surface area (Å²) in [7, 11) is 1.40. The minimum atomic E-state index is -0.575. The second-order valence-corrected chi connectivity index (χ2v) is 4.55. The lowest BCUT2D eigenvalue weighted by atomic mass is 9.86. The van der Waals surface area contributed by atoms with Gasteiger partial charge in [0, 0.05) is 6.54 Å². The van der Waals surface area contributed by atoms with Crippen LogP contribution in [0.1, 0.15) is 6.92 Å². The first-order valence-electron chi connectivity index (χ1n) is 6.34. The van der Waals surface area contributed by atoms with E-state index in [2.05, 4.69) is 5.32 Å². The first kappa shape index (κ1) is 13.7. The average Bonchev–Trinajstić information content (AvgIpc) is 2.39. The molecule has 5 heteroatoms. The van der Waals surface area contributed by atoms with Gasteiger partial charge in [0.05, 0.1) is 32.6 Å². The van der Waals surface area contributed by atoms with E-state index in [0.29, 0.717) is 26.4 Å². The van der Waals surface area contributed by atoms with E-state index in [1.165, 1.54) is 7.11 Å². The first-order chi connectivity index (χ1) is 9.22. The van der Waals surface area contributed by atoms with Gasteiger partial charge in [0.2, 0.25) is 0 Å². The lowest BCUT2D eigenvalue weighted by Gasteiger charge is -2.38. The van der Waals surface area contributed by atoms with Crippen molar-refractivity contribution in [3.8, 4) is 5.75 Å². The summed E-state index contributed by atoms with van der Waals surface area (Å²) in [6.45, 7) is 3.80. The zero-order chi connectivity index (χ0) is 13.7. The van der Waals surface area contributed by atoms with Crippen LogP contribution >= 0.6 is 0 Å². The third-order valence-corrected chi connectivity index (χ3v) is 3.18. The minimum Gasteiger partial charge on any atom is -0.492 e. The van der Waals surface area contributed by atoms with Gasteiger partial charge >= 0.3 is 5.97 Å². The molecule has 0 bridgehead atoms. The van der Waals surface area contributed by atoms with Crippen LogP contribution in [0.15, 0.2) is 24.3 Å². The molecular formula is C14H19NO4. The molecule has 104 valence electrons. The van der Waals surface area contributed by atoms with Crippen molar-refractivity contribution in [3.63, 3.8) is 0 Å². The smallest absolute Gasteiger partial charge is 0.318 e. The lowest BCUT2D eigenvalue weighted by Crippen LogP contribution is -2.54. The quantitative estimate of drug-likeness (QED) is 0.793. The summed E-state index contributed by atoms with van der Waals surface area (Å²) in [4.78, 5) is 11.8. The number of hydrogen-bond acceptors (Lipinski definition) is 5. The summed E-state index contributed by atoms with van der Waals surface area (Å²) in [6, 6.07) is 7.66. The van der Waals surface area contributed by atoms with Crippen LogP contribution in [0.4, 0.5) is 5.69 Å².